The van der Waals surface area contributed by atoms with Crippen molar-refractivity contribution < 1.29 is 0 Å². The Hall–Kier alpha value is -9.38. The highest BCUT2D eigenvalue weighted by molar-refractivity contribution is 6.32. The first kappa shape index (κ1) is 47.4. The number of anilines is 6. The monoisotopic (exact) mass is 1050 g/mol. The molecule has 0 aliphatic heterocycles. The number of aromatic nitrogens is 2. The third-order valence-corrected chi connectivity index (χ3v) is 19.3. The van der Waals surface area contributed by atoms with Crippen LogP contribution in [0.3, 0.4) is 0 Å². The first-order valence-electron chi connectivity index (χ1n) is 30.0. The molecule has 2 aliphatic carbocycles. The zero-order chi connectivity index (χ0) is 54.2. The Labute approximate surface area is 478 Å². The molecule has 4 nitrogen and oxygen atoms in total. The highest BCUT2D eigenvalue weighted by Gasteiger charge is 2.31. The van der Waals surface area contributed by atoms with Crippen LogP contribution in [0.15, 0.2) is 231 Å². The molecule has 4 heteroatoms. The quantitative estimate of drug-likeness (QED) is 0.136. The fourth-order valence-corrected chi connectivity index (χ4v) is 15.5. The van der Waals surface area contributed by atoms with E-state index in [1.165, 1.54) is 206 Å². The molecule has 0 unspecified atom stereocenters. The molecule has 11 aromatic carbocycles. The molecule has 0 spiro atoms. The molecule has 2 aliphatic rings. The molecule has 2 fully saturated rings. The molecule has 0 saturated heterocycles. The van der Waals surface area contributed by atoms with E-state index in [0.29, 0.717) is 11.8 Å². The third-order valence-electron chi connectivity index (χ3n) is 19.3. The molecule has 0 radical (unpaired) electrons. The number of rotatable bonds is 10. The van der Waals surface area contributed by atoms with Gasteiger partial charge in [0.1, 0.15) is 0 Å². The number of hydrogen-bond donors (Lipinski definition) is 0. The second-order valence-corrected chi connectivity index (χ2v) is 23.8. The van der Waals surface area contributed by atoms with Gasteiger partial charge in [0.05, 0.1) is 55.8 Å². The molecule has 0 amide bonds. The van der Waals surface area contributed by atoms with E-state index in [1.807, 2.05) is 0 Å². The van der Waals surface area contributed by atoms with Gasteiger partial charge in [-0.2, -0.15) is 0 Å². The van der Waals surface area contributed by atoms with Crippen LogP contribution in [0, 0.1) is 13.8 Å². The Balaban J connectivity index is 0.920. The van der Waals surface area contributed by atoms with Crippen LogP contribution in [-0.4, -0.2) is 8.80 Å². The fraction of sp³-hybridized carbons (Fsp3) is 0.154. The van der Waals surface area contributed by atoms with Crippen LogP contribution in [0.1, 0.15) is 85.5 Å². The highest BCUT2D eigenvalue weighted by atomic mass is 15.2. The molecule has 394 valence electrons. The predicted molar refractivity (Wildman–Crippen MR) is 348 cm³/mol. The summed E-state index contributed by atoms with van der Waals surface area (Å²) in [5.41, 5.74) is 25.0. The van der Waals surface area contributed by atoms with E-state index in [0.717, 1.165) is 0 Å². The van der Waals surface area contributed by atoms with E-state index in [1.54, 1.807) is 0 Å². The standard InChI is InChI=1S/C78H62N4/c1-49-21-9-17-33-65(49)79(69-41-37-55(51-23-11-12-24-51)45-61(69)53-27-5-3-6-28-53)71-43-39-57-63-47-74-64(48-73(63)81-67-35-19-15-31-59(67)75(71)77(57)81)58-40-44-72(76-60-32-16-20-36-68(60)82(74)78(58)76)80(66-34-18-10-22-50(66)2)70-42-38-56(52-25-13-14-26-52)46-62(70)54-29-7-4-8-30-54/h3-10,15-22,27-48,51-52H,11-14,23-26H2,1-2H3. The minimum absolute atomic E-state index is 0.599. The largest absolute Gasteiger partial charge is 0.309 e. The van der Waals surface area contributed by atoms with Crippen molar-refractivity contribution in [1.82, 2.24) is 8.80 Å². The molecule has 0 N–H and O–H groups in total. The van der Waals surface area contributed by atoms with E-state index >= 15 is 0 Å². The van der Waals surface area contributed by atoms with Gasteiger partial charge >= 0.3 is 0 Å². The topological polar surface area (TPSA) is 15.3 Å². The van der Waals surface area contributed by atoms with Gasteiger partial charge in [-0.25, -0.2) is 0 Å². The summed E-state index contributed by atoms with van der Waals surface area (Å²) in [7, 11) is 0. The summed E-state index contributed by atoms with van der Waals surface area (Å²) in [6.07, 6.45) is 10.3. The highest BCUT2D eigenvalue weighted by Crippen LogP contribution is 2.54. The molecule has 0 bridgehead atoms. The Morgan fingerprint density at radius 2 is 0.683 bits per heavy atom. The second kappa shape index (κ2) is 18.6. The molecule has 4 heterocycles. The average molecular weight is 1060 g/mol. The summed E-state index contributed by atoms with van der Waals surface area (Å²) >= 11 is 0. The lowest BCUT2D eigenvalue weighted by Gasteiger charge is -2.30. The van der Waals surface area contributed by atoms with E-state index in [4.69, 9.17) is 0 Å². The number of aryl methyl sites for hydroxylation is 2. The van der Waals surface area contributed by atoms with E-state index in [9.17, 15) is 0 Å². The molecule has 0 atom stereocenters. The Bertz CT molecular complexity index is 4660. The summed E-state index contributed by atoms with van der Waals surface area (Å²) < 4.78 is 5.18. The lowest BCUT2D eigenvalue weighted by atomic mass is 9.92. The van der Waals surface area contributed by atoms with Crippen LogP contribution in [0.4, 0.5) is 34.1 Å². The molecule has 2 saturated carbocycles. The van der Waals surface area contributed by atoms with Gasteiger partial charge in [-0.3, -0.25) is 0 Å². The van der Waals surface area contributed by atoms with Crippen molar-refractivity contribution in [2.45, 2.75) is 77.0 Å². The van der Waals surface area contributed by atoms with Gasteiger partial charge in [0.15, 0.2) is 0 Å². The first-order valence-corrected chi connectivity index (χ1v) is 30.0. The van der Waals surface area contributed by atoms with E-state index in [2.05, 4.69) is 263 Å². The first-order chi connectivity index (χ1) is 40.6. The normalized spacial score (nSPS) is 14.5. The minimum Gasteiger partial charge on any atom is -0.309 e. The van der Waals surface area contributed by atoms with Crippen molar-refractivity contribution in [3.8, 4) is 22.3 Å². The molecule has 82 heavy (non-hydrogen) atoms. The lowest BCUT2D eigenvalue weighted by molar-refractivity contribution is 0.723. The molecule has 4 aromatic heterocycles. The lowest BCUT2D eigenvalue weighted by Crippen LogP contribution is -2.13. The zero-order valence-electron chi connectivity index (χ0n) is 46.5. The average Bonchev–Trinajstić information content (AvgIpc) is 1.90. The van der Waals surface area contributed by atoms with Gasteiger partial charge in [-0.05, 0) is 158 Å². The number of fused-ring (bicyclic) bond motifs is 12. The van der Waals surface area contributed by atoms with Gasteiger partial charge in [0.25, 0.3) is 0 Å². The van der Waals surface area contributed by atoms with Gasteiger partial charge in [-0.15, -0.1) is 0 Å². The van der Waals surface area contributed by atoms with Crippen LogP contribution >= 0.6 is 0 Å². The Morgan fingerprint density at radius 1 is 0.305 bits per heavy atom. The molecule has 17 rings (SSSR count). The van der Waals surface area contributed by atoms with Crippen molar-refractivity contribution in [3.05, 3.63) is 253 Å². The molecular weight excluding hydrogens is 993 g/mol. The number of benzene rings is 11. The molecular formula is C78H62N4. The number of hydrogen-bond acceptors (Lipinski definition) is 2. The summed E-state index contributed by atoms with van der Waals surface area (Å²) in [6, 6.07) is 87.9. The minimum atomic E-state index is 0.599. The third kappa shape index (κ3) is 7.03. The van der Waals surface area contributed by atoms with Crippen LogP contribution < -0.4 is 9.80 Å². The summed E-state index contributed by atoms with van der Waals surface area (Å²) in [5.74, 6) is 1.20. The van der Waals surface area contributed by atoms with E-state index < -0.39 is 0 Å². The van der Waals surface area contributed by atoms with Crippen LogP contribution in [-0.2, 0) is 0 Å². The van der Waals surface area contributed by atoms with Gasteiger partial charge in [-0.1, -0.05) is 183 Å². The van der Waals surface area contributed by atoms with Crippen molar-refractivity contribution in [2.24, 2.45) is 0 Å². The zero-order valence-corrected chi connectivity index (χ0v) is 46.5. The molecule has 15 aromatic rings. The van der Waals surface area contributed by atoms with E-state index in [-0.39, 0.29) is 0 Å². The smallest absolute Gasteiger partial charge is 0.0641 e. The predicted octanol–water partition coefficient (Wildman–Crippen LogP) is 22.2. The van der Waals surface area contributed by atoms with Crippen LogP contribution in [0.25, 0.3) is 98.4 Å². The van der Waals surface area contributed by atoms with Crippen LogP contribution in [0.2, 0.25) is 0 Å². The Kier molecular flexibility index (Phi) is 10.8. The van der Waals surface area contributed by atoms with Crippen molar-refractivity contribution >= 4 is 110 Å². The Morgan fingerprint density at radius 3 is 1.11 bits per heavy atom. The maximum Gasteiger partial charge on any atom is 0.0641 e. The van der Waals surface area contributed by atoms with Crippen molar-refractivity contribution in [1.29, 1.82) is 0 Å². The summed E-state index contributed by atoms with van der Waals surface area (Å²) in [4.78, 5) is 5.16. The van der Waals surface area contributed by atoms with Gasteiger partial charge in [0, 0.05) is 65.6 Å². The van der Waals surface area contributed by atoms with Gasteiger partial charge in [0.2, 0.25) is 0 Å². The second-order valence-electron chi connectivity index (χ2n) is 23.8. The van der Waals surface area contributed by atoms with Crippen molar-refractivity contribution in [2.75, 3.05) is 9.80 Å². The summed E-state index contributed by atoms with van der Waals surface area (Å²) in [6.45, 7) is 4.53. The maximum absolute atomic E-state index is 2.59. The SMILES string of the molecule is Cc1ccccc1N(c1ccc(C2CCCC2)cc1-c1ccccc1)c1ccc2c3cc4c(cc3n3c5ccccc5c1c23)c1ccc(N(c2ccccc2C)c2ccc(C3CCCC3)cc2-c2ccccc2)c2c3ccccc3n4c12. The number of para-hydroxylation sites is 4. The summed E-state index contributed by atoms with van der Waals surface area (Å²) in [5, 5.41) is 10.1. The van der Waals surface area contributed by atoms with Crippen molar-refractivity contribution in [3.63, 3.8) is 0 Å². The van der Waals surface area contributed by atoms with Crippen LogP contribution in [0.5, 0.6) is 0 Å². The number of nitrogens with zero attached hydrogens (tertiary/aromatic N) is 4. The fourth-order valence-electron chi connectivity index (χ4n) is 15.5. The maximum atomic E-state index is 2.59. The van der Waals surface area contributed by atoms with Gasteiger partial charge < -0.3 is 18.6 Å².